The Morgan fingerprint density at radius 1 is 1.34 bits per heavy atom. The third-order valence-electron chi connectivity index (χ3n) is 5.48. The molecule has 1 saturated heterocycles. The van der Waals surface area contributed by atoms with Crippen LogP contribution >= 0.6 is 23.1 Å². The molecule has 0 unspecified atom stereocenters. The highest BCUT2D eigenvalue weighted by Crippen LogP contribution is 2.39. The first-order valence-electron chi connectivity index (χ1n) is 10.2. The normalized spacial score (nSPS) is 18.1. The van der Waals surface area contributed by atoms with Crippen molar-refractivity contribution in [1.29, 1.82) is 0 Å². The third-order valence-corrected chi connectivity index (χ3v) is 7.30. The Hall–Kier alpha value is -1.42. The van der Waals surface area contributed by atoms with E-state index in [1.54, 1.807) is 11.3 Å². The van der Waals surface area contributed by atoms with Crippen LogP contribution in [0.5, 0.6) is 0 Å². The monoisotopic (exact) mass is 435 g/mol. The summed E-state index contributed by atoms with van der Waals surface area (Å²) in [5, 5.41) is 14.9. The van der Waals surface area contributed by atoms with Crippen molar-refractivity contribution in [3.8, 4) is 0 Å². The van der Waals surface area contributed by atoms with Gasteiger partial charge in [-0.2, -0.15) is 0 Å². The number of thioether (sulfide) groups is 1. The zero-order valence-electron chi connectivity index (χ0n) is 17.1. The molecule has 9 heteroatoms. The molecule has 1 aliphatic carbocycles. The van der Waals surface area contributed by atoms with Gasteiger partial charge in [0.2, 0.25) is 5.91 Å². The van der Waals surface area contributed by atoms with Gasteiger partial charge in [-0.05, 0) is 38.1 Å². The molecule has 0 spiro atoms. The molecule has 1 amide bonds. The maximum absolute atomic E-state index is 12.5. The maximum Gasteiger partial charge on any atom is 0.230 e. The second-order valence-corrected chi connectivity index (χ2v) is 10.2. The fourth-order valence-corrected chi connectivity index (χ4v) is 5.13. The first kappa shape index (κ1) is 20.8. The lowest BCUT2D eigenvalue weighted by molar-refractivity contribution is -0.119. The predicted molar refractivity (Wildman–Crippen MR) is 116 cm³/mol. The van der Waals surface area contributed by atoms with E-state index in [4.69, 9.17) is 4.74 Å². The highest BCUT2D eigenvalue weighted by atomic mass is 32.2. The van der Waals surface area contributed by atoms with Gasteiger partial charge < -0.3 is 14.6 Å². The van der Waals surface area contributed by atoms with Gasteiger partial charge in [-0.1, -0.05) is 17.8 Å². The minimum Gasteiger partial charge on any atom is -0.379 e. The number of rotatable bonds is 9. The average molecular weight is 436 g/mol. The molecule has 4 rings (SSSR count). The van der Waals surface area contributed by atoms with Crippen LogP contribution in [-0.2, 0) is 16.0 Å². The average Bonchev–Trinajstić information content (AvgIpc) is 3.28. The Morgan fingerprint density at radius 3 is 2.83 bits per heavy atom. The number of amides is 1. The Bertz CT molecular complexity index is 811. The fraction of sp³-hybridized carbons (Fsp3) is 0.650. The standard InChI is InChI=1S/C20H29N5O2S2/c1-20(2,24-7-9-27-10-8-24)14-21-18(26)13-29-19-23-22-17(25(19)15-5-6-15)12-16-4-3-11-28-16/h3-4,11,15H,5-10,12-14H2,1-2H3,(H,21,26). The minimum absolute atomic E-state index is 0.0430. The molecule has 1 saturated carbocycles. The number of carbonyl (C=O) groups excluding carboxylic acids is 1. The van der Waals surface area contributed by atoms with Crippen LogP contribution in [0.4, 0.5) is 0 Å². The first-order chi connectivity index (χ1) is 14.0. The van der Waals surface area contributed by atoms with Gasteiger partial charge in [0, 0.05) is 42.5 Å². The SMILES string of the molecule is CC(C)(CNC(=O)CSc1nnc(Cc2cccs2)n1C1CC1)N1CCOCC1. The smallest absolute Gasteiger partial charge is 0.230 e. The quantitative estimate of drug-likeness (QED) is 0.611. The van der Waals surface area contributed by atoms with Gasteiger partial charge in [0.1, 0.15) is 5.82 Å². The summed E-state index contributed by atoms with van der Waals surface area (Å²) in [6.07, 6.45) is 3.15. The van der Waals surface area contributed by atoms with E-state index >= 15 is 0 Å². The van der Waals surface area contributed by atoms with Gasteiger partial charge >= 0.3 is 0 Å². The molecule has 0 radical (unpaired) electrons. The summed E-state index contributed by atoms with van der Waals surface area (Å²) in [5.41, 5.74) is -0.0774. The molecule has 29 heavy (non-hydrogen) atoms. The predicted octanol–water partition coefficient (Wildman–Crippen LogP) is 2.58. The molecule has 1 aliphatic heterocycles. The molecule has 2 aliphatic rings. The maximum atomic E-state index is 12.5. The molecule has 0 aromatic carbocycles. The van der Waals surface area contributed by atoms with Crippen molar-refractivity contribution in [1.82, 2.24) is 25.0 Å². The number of aromatic nitrogens is 3. The number of carbonyl (C=O) groups is 1. The summed E-state index contributed by atoms with van der Waals surface area (Å²) in [7, 11) is 0. The van der Waals surface area contributed by atoms with E-state index in [0.29, 0.717) is 18.3 Å². The molecule has 158 valence electrons. The van der Waals surface area contributed by atoms with E-state index in [-0.39, 0.29) is 11.4 Å². The van der Waals surface area contributed by atoms with Gasteiger partial charge in [0.25, 0.3) is 0 Å². The number of ether oxygens (including phenoxy) is 1. The molecule has 2 fully saturated rings. The lowest BCUT2D eigenvalue weighted by Gasteiger charge is -2.40. The number of nitrogens with zero attached hydrogens (tertiary/aromatic N) is 4. The largest absolute Gasteiger partial charge is 0.379 e. The molecule has 0 atom stereocenters. The highest BCUT2D eigenvalue weighted by molar-refractivity contribution is 7.99. The van der Waals surface area contributed by atoms with Gasteiger partial charge in [-0.15, -0.1) is 21.5 Å². The summed E-state index contributed by atoms with van der Waals surface area (Å²) in [5.74, 6) is 1.41. The molecule has 2 aromatic rings. The van der Waals surface area contributed by atoms with Gasteiger partial charge in [0.15, 0.2) is 5.16 Å². The fourth-order valence-electron chi connectivity index (χ4n) is 3.57. The van der Waals surface area contributed by atoms with Crippen molar-refractivity contribution in [3.05, 3.63) is 28.2 Å². The number of hydrogen-bond acceptors (Lipinski definition) is 7. The molecule has 3 heterocycles. The number of hydrogen-bond donors (Lipinski definition) is 1. The summed E-state index contributed by atoms with van der Waals surface area (Å²) in [6.45, 7) is 8.32. The second kappa shape index (κ2) is 9.16. The van der Waals surface area contributed by atoms with E-state index in [9.17, 15) is 4.79 Å². The van der Waals surface area contributed by atoms with Gasteiger partial charge in [0.05, 0.1) is 19.0 Å². The van der Waals surface area contributed by atoms with Crippen LogP contribution < -0.4 is 5.32 Å². The molecular formula is C20H29N5O2S2. The van der Waals surface area contributed by atoms with E-state index in [1.165, 1.54) is 29.5 Å². The Kier molecular flexibility index (Phi) is 6.58. The van der Waals surface area contributed by atoms with Crippen molar-refractivity contribution in [2.24, 2.45) is 0 Å². The summed E-state index contributed by atoms with van der Waals surface area (Å²) in [6, 6.07) is 4.69. The zero-order chi connectivity index (χ0) is 20.3. The van der Waals surface area contributed by atoms with Crippen molar-refractivity contribution < 1.29 is 9.53 Å². The van der Waals surface area contributed by atoms with Crippen LogP contribution in [0.3, 0.4) is 0 Å². The second-order valence-electron chi connectivity index (χ2n) is 8.23. The van der Waals surface area contributed by atoms with Crippen molar-refractivity contribution in [2.45, 2.75) is 49.8 Å². The van der Waals surface area contributed by atoms with Crippen molar-refractivity contribution in [3.63, 3.8) is 0 Å². The highest BCUT2D eigenvalue weighted by Gasteiger charge is 2.31. The molecule has 1 N–H and O–H groups in total. The van der Waals surface area contributed by atoms with Crippen LogP contribution in [0.25, 0.3) is 0 Å². The van der Waals surface area contributed by atoms with E-state index in [1.807, 2.05) is 0 Å². The van der Waals surface area contributed by atoms with Crippen LogP contribution in [0, 0.1) is 0 Å². The molecule has 0 bridgehead atoms. The molecule has 2 aromatic heterocycles. The van der Waals surface area contributed by atoms with Crippen LogP contribution in [0.2, 0.25) is 0 Å². The number of nitrogens with one attached hydrogen (secondary N) is 1. The van der Waals surface area contributed by atoms with E-state index in [2.05, 4.69) is 56.3 Å². The summed E-state index contributed by atoms with van der Waals surface area (Å²) in [4.78, 5) is 16.1. The van der Waals surface area contributed by atoms with E-state index < -0.39 is 0 Å². The van der Waals surface area contributed by atoms with Crippen LogP contribution in [0.15, 0.2) is 22.7 Å². The summed E-state index contributed by atoms with van der Waals surface area (Å²) >= 11 is 3.23. The Balaban J connectivity index is 1.30. The number of thiophene rings is 1. The lowest BCUT2D eigenvalue weighted by Crippen LogP contribution is -2.55. The topological polar surface area (TPSA) is 72.3 Å². The summed E-state index contributed by atoms with van der Waals surface area (Å²) < 4.78 is 7.68. The van der Waals surface area contributed by atoms with Gasteiger partial charge in [-0.25, -0.2) is 0 Å². The number of morpholine rings is 1. The minimum atomic E-state index is -0.0774. The third kappa shape index (κ3) is 5.39. The van der Waals surface area contributed by atoms with Crippen molar-refractivity contribution >= 4 is 29.0 Å². The van der Waals surface area contributed by atoms with Crippen molar-refractivity contribution in [2.75, 3.05) is 38.6 Å². The molecular weight excluding hydrogens is 406 g/mol. The van der Waals surface area contributed by atoms with Gasteiger partial charge in [-0.3, -0.25) is 9.69 Å². The Morgan fingerprint density at radius 2 is 2.14 bits per heavy atom. The molecule has 7 nitrogen and oxygen atoms in total. The first-order valence-corrected chi connectivity index (χ1v) is 12.1. The van der Waals surface area contributed by atoms with E-state index in [0.717, 1.165) is 43.7 Å². The van der Waals surface area contributed by atoms with Crippen LogP contribution in [0.1, 0.15) is 43.4 Å². The lowest BCUT2D eigenvalue weighted by atomic mass is 10.0. The zero-order valence-corrected chi connectivity index (χ0v) is 18.7. The van der Waals surface area contributed by atoms with Crippen LogP contribution in [-0.4, -0.2) is 69.7 Å². The Labute approximate surface area is 180 Å².